The van der Waals surface area contributed by atoms with Gasteiger partial charge in [-0.05, 0) is 112 Å². The van der Waals surface area contributed by atoms with E-state index in [1.807, 2.05) is 50.2 Å². The van der Waals surface area contributed by atoms with E-state index in [1.54, 1.807) is 76.6 Å². The van der Waals surface area contributed by atoms with E-state index in [0.29, 0.717) is 18.5 Å². The molecular formula is C58H74FN9O11S. The third kappa shape index (κ3) is 14.5. The first kappa shape index (κ1) is 60.2. The molecule has 0 aliphatic carbocycles. The van der Waals surface area contributed by atoms with Crippen molar-refractivity contribution in [3.8, 4) is 10.4 Å². The number of likely N-dealkylation sites (N-methyl/N-ethyl adjacent to an activating group) is 1. The summed E-state index contributed by atoms with van der Waals surface area (Å²) in [5.41, 5.74) is 10.6. The van der Waals surface area contributed by atoms with Crippen LogP contribution in [0.25, 0.3) is 10.4 Å². The van der Waals surface area contributed by atoms with Crippen LogP contribution in [-0.2, 0) is 57.5 Å². The minimum Gasteiger partial charge on any atom is -0.450 e. The molecule has 0 saturated carbocycles. The molecule has 0 spiro atoms. The molecule has 7 rings (SSSR count). The van der Waals surface area contributed by atoms with Crippen molar-refractivity contribution >= 4 is 70.3 Å². The zero-order valence-electron chi connectivity index (χ0n) is 46.9. The van der Waals surface area contributed by atoms with Crippen molar-refractivity contribution in [2.24, 2.45) is 11.1 Å². The van der Waals surface area contributed by atoms with Crippen LogP contribution in [0, 0.1) is 18.2 Å². The summed E-state index contributed by atoms with van der Waals surface area (Å²) in [5.74, 6) is -4.43. The quantitative estimate of drug-likeness (QED) is 0.0584. The molecule has 7 N–H and O–H groups in total. The van der Waals surface area contributed by atoms with E-state index in [4.69, 9.17) is 15.2 Å². The maximum Gasteiger partial charge on any atom is 0.408 e. The SMILES string of the molecule is Cc1ncsc1-c1ccc([C@H](C)NC(=O)[C@@H]2C[C@@H](O)CN2C(=O)[C@@H](NC(=O)OCCCCc2cccc(N(C)C(=O)C(CCC(N)=O)NC(=O)[C@@H]3Cc4cccc5c4N3C(=O)[C@@H](NC(=O)OC(C)(C)C)CC5)c2F)C(C)(C)C)cc1. The number of ether oxygens (including phenoxy) is 2. The number of halogens is 1. The summed E-state index contributed by atoms with van der Waals surface area (Å²) < 4.78 is 27.3. The van der Waals surface area contributed by atoms with E-state index in [0.717, 1.165) is 37.7 Å². The molecule has 7 atom stereocenters. The molecule has 3 aliphatic rings. The number of unbranched alkanes of at least 4 members (excludes halogenated alkanes) is 1. The number of aromatic nitrogens is 1. The standard InChI is InChI=1S/C58H74FN9O11S/c1-32(34-19-21-37(22-20-34)48-33(2)61-31-80-48)62-50(71)43-29-39(69)30-67(43)54(75)49(57(3,4)5)65-55(76)78-27-11-10-14-35-15-13-18-42(46(35)59)66(9)52(73)40(25-26-45(60)70)63-51(72)44-28-38-17-12-16-36-23-24-41(53(74)68(44)47(36)38)64-56(77)79-58(6,7)8/h12-13,15-22,31-32,39-41,43-44,49,69H,10-11,14,23-30H2,1-9H3,(H2,60,70)(H,62,71)(H,63,72)(H,64,77)(H,65,76)/t32-,39+,40?,41-,43-,44-,49+/m0/s1. The highest BCUT2D eigenvalue weighted by molar-refractivity contribution is 7.13. The average Bonchev–Trinajstić information content (AvgIpc) is 4.12. The number of amides is 8. The second kappa shape index (κ2) is 25.3. The molecule has 0 radical (unpaired) electrons. The summed E-state index contributed by atoms with van der Waals surface area (Å²) in [6.07, 6.45) is -1.57. The zero-order chi connectivity index (χ0) is 58.4. The highest BCUT2D eigenvalue weighted by atomic mass is 32.1. The van der Waals surface area contributed by atoms with Gasteiger partial charge >= 0.3 is 12.2 Å². The van der Waals surface area contributed by atoms with Gasteiger partial charge < -0.3 is 51.4 Å². The van der Waals surface area contributed by atoms with Gasteiger partial charge in [-0.2, -0.15) is 0 Å². The molecule has 22 heteroatoms. The van der Waals surface area contributed by atoms with E-state index < -0.39 is 107 Å². The van der Waals surface area contributed by atoms with Crippen LogP contribution in [0.4, 0.5) is 25.4 Å². The fourth-order valence-corrected chi connectivity index (χ4v) is 11.2. The Morgan fingerprint density at radius 2 is 1.60 bits per heavy atom. The zero-order valence-corrected chi connectivity index (χ0v) is 47.7. The first-order valence-corrected chi connectivity index (χ1v) is 27.9. The number of β-amino-alcohol motifs (C(OH)–C–C–N with tert-alkyl or cyclic N) is 1. The van der Waals surface area contributed by atoms with Gasteiger partial charge in [-0.15, -0.1) is 11.3 Å². The third-order valence-corrected chi connectivity index (χ3v) is 15.5. The van der Waals surface area contributed by atoms with E-state index in [9.17, 15) is 43.5 Å². The number of aryl methyl sites for hydroxylation is 3. The second-order valence-electron chi connectivity index (χ2n) is 22.9. The third-order valence-electron chi connectivity index (χ3n) is 14.5. The van der Waals surface area contributed by atoms with Gasteiger partial charge in [-0.3, -0.25) is 33.7 Å². The molecule has 4 heterocycles. The minimum absolute atomic E-state index is 0.0154. The van der Waals surface area contributed by atoms with Gasteiger partial charge in [0.2, 0.25) is 35.4 Å². The molecule has 1 aromatic heterocycles. The molecule has 20 nitrogen and oxygen atoms in total. The highest BCUT2D eigenvalue weighted by Gasteiger charge is 2.47. The Hall–Kier alpha value is -7.46. The van der Waals surface area contributed by atoms with Gasteiger partial charge in [0, 0.05) is 32.9 Å². The van der Waals surface area contributed by atoms with E-state index in [1.165, 1.54) is 22.9 Å². The fourth-order valence-electron chi connectivity index (χ4n) is 10.4. The first-order valence-electron chi connectivity index (χ1n) is 27.0. The lowest BCUT2D eigenvalue weighted by Crippen LogP contribution is -2.58. The number of benzene rings is 3. The number of thiazole rings is 1. The number of likely N-dealkylation sites (tertiary alicyclic amines) is 1. The molecule has 80 heavy (non-hydrogen) atoms. The van der Waals surface area contributed by atoms with E-state index in [-0.39, 0.29) is 69.3 Å². The summed E-state index contributed by atoms with van der Waals surface area (Å²) in [5, 5.41) is 21.8. The molecule has 430 valence electrons. The highest BCUT2D eigenvalue weighted by Crippen LogP contribution is 2.40. The van der Waals surface area contributed by atoms with Gasteiger partial charge in [-0.1, -0.05) is 75.4 Å². The lowest BCUT2D eigenvalue weighted by atomic mass is 9.85. The van der Waals surface area contributed by atoms with Crippen molar-refractivity contribution in [2.45, 2.75) is 161 Å². The normalized spacial score (nSPS) is 19.0. The predicted octanol–water partition coefficient (Wildman–Crippen LogP) is 6.07. The number of para-hydroxylation sites is 1. The summed E-state index contributed by atoms with van der Waals surface area (Å²) in [6, 6.07) is 11.7. The van der Waals surface area contributed by atoms with Crippen molar-refractivity contribution in [2.75, 3.05) is 30.0 Å². The molecule has 4 aromatic rings. The Morgan fingerprint density at radius 1 is 0.912 bits per heavy atom. The van der Waals surface area contributed by atoms with E-state index >= 15 is 4.39 Å². The Bertz CT molecular complexity index is 2980. The van der Waals surface area contributed by atoms with Crippen molar-refractivity contribution in [3.05, 3.63) is 99.9 Å². The van der Waals surface area contributed by atoms with Crippen LogP contribution in [0.15, 0.2) is 66.2 Å². The molecule has 1 fully saturated rings. The van der Waals surface area contributed by atoms with Gasteiger partial charge in [-0.25, -0.2) is 19.0 Å². The van der Waals surface area contributed by atoms with Crippen LogP contribution < -0.4 is 36.8 Å². The average molecular weight is 1120 g/mol. The molecule has 3 aromatic carbocycles. The van der Waals surface area contributed by atoms with Crippen LogP contribution in [-0.4, -0.2) is 125 Å². The Labute approximate surface area is 469 Å². The molecular weight excluding hydrogens is 1050 g/mol. The summed E-state index contributed by atoms with van der Waals surface area (Å²) in [7, 11) is 1.34. The Kier molecular flexibility index (Phi) is 19.1. The van der Waals surface area contributed by atoms with Crippen LogP contribution in [0.3, 0.4) is 0 Å². The number of nitrogens with two attached hydrogens (primary N) is 1. The van der Waals surface area contributed by atoms with Crippen LogP contribution in [0.2, 0.25) is 0 Å². The van der Waals surface area contributed by atoms with Crippen molar-refractivity contribution in [1.82, 2.24) is 31.2 Å². The second-order valence-corrected chi connectivity index (χ2v) is 23.7. The lowest BCUT2D eigenvalue weighted by Gasteiger charge is -2.35. The number of aliphatic hydroxyl groups excluding tert-OH is 1. The number of primary amides is 1. The molecule has 0 bridgehead atoms. The van der Waals surface area contributed by atoms with Gasteiger partial charge in [0.05, 0.1) is 46.2 Å². The van der Waals surface area contributed by atoms with Gasteiger partial charge in [0.25, 0.3) is 0 Å². The largest absolute Gasteiger partial charge is 0.450 e. The molecule has 1 unspecified atom stereocenters. The van der Waals surface area contributed by atoms with Crippen LogP contribution >= 0.6 is 11.3 Å². The predicted molar refractivity (Wildman–Crippen MR) is 299 cm³/mol. The Morgan fingerprint density at radius 3 is 2.26 bits per heavy atom. The van der Waals surface area contributed by atoms with Crippen molar-refractivity contribution < 1.29 is 57.3 Å². The lowest BCUT2D eigenvalue weighted by molar-refractivity contribution is -0.142. The van der Waals surface area contributed by atoms with E-state index in [2.05, 4.69) is 26.3 Å². The molecule has 3 aliphatic heterocycles. The van der Waals surface area contributed by atoms with Crippen molar-refractivity contribution in [1.29, 1.82) is 0 Å². The number of hydrogen-bond acceptors (Lipinski definition) is 13. The summed E-state index contributed by atoms with van der Waals surface area (Å²) >= 11 is 1.54. The van der Waals surface area contributed by atoms with Gasteiger partial charge in [0.1, 0.15) is 41.6 Å². The fraction of sp³-hybridized carbons (Fsp3) is 0.500. The maximum absolute atomic E-state index is 16.4. The van der Waals surface area contributed by atoms with Crippen LogP contribution in [0.5, 0.6) is 0 Å². The van der Waals surface area contributed by atoms with Gasteiger partial charge in [0.15, 0.2) is 0 Å². The number of anilines is 2. The summed E-state index contributed by atoms with van der Waals surface area (Å²) in [6.45, 7) is 13.9. The van der Waals surface area contributed by atoms with Crippen molar-refractivity contribution in [3.63, 3.8) is 0 Å². The minimum atomic E-state index is -1.37. The maximum atomic E-state index is 16.4. The topological polar surface area (TPSA) is 272 Å². The number of alkyl carbamates (subject to hydrolysis) is 2. The number of carbonyl (C=O) groups is 8. The Balaban J connectivity index is 0.931. The summed E-state index contributed by atoms with van der Waals surface area (Å²) in [4.78, 5) is 118. The monoisotopic (exact) mass is 1120 g/mol. The number of aliphatic hydroxyl groups is 1. The number of rotatable bonds is 19. The first-order chi connectivity index (χ1) is 37.7. The number of nitrogens with zero attached hydrogens (tertiary/aromatic N) is 4. The molecule has 1 saturated heterocycles. The molecule has 8 amide bonds. The van der Waals surface area contributed by atoms with Crippen LogP contribution in [0.1, 0.15) is 121 Å². The number of hydrogen-bond donors (Lipinski definition) is 6. The number of nitrogens with one attached hydrogen (secondary N) is 4. The number of carbonyl (C=O) groups excluding carboxylic acids is 8. The smallest absolute Gasteiger partial charge is 0.408 e.